The average Bonchev–Trinajstić information content (AvgIpc) is 2.66. The van der Waals surface area contributed by atoms with Crippen LogP contribution in [0.2, 0.25) is 0 Å². The van der Waals surface area contributed by atoms with Crippen LogP contribution in [0.5, 0.6) is 0 Å². The fourth-order valence-corrected chi connectivity index (χ4v) is 2.54. The van der Waals surface area contributed by atoms with Gasteiger partial charge in [0.05, 0.1) is 6.04 Å². The topological polar surface area (TPSA) is 49.6 Å². The molecule has 2 unspecified atom stereocenters. The molecule has 0 saturated carbocycles. The molecule has 1 aliphatic heterocycles. The van der Waals surface area contributed by atoms with Crippen molar-refractivity contribution in [3.63, 3.8) is 0 Å². The molecule has 4 nitrogen and oxygen atoms in total. The maximum Gasteiger partial charge on any atom is 0.224 e. The second kappa shape index (κ2) is 5.72. The molecule has 1 heterocycles. The van der Waals surface area contributed by atoms with Gasteiger partial charge in [-0.05, 0) is 26.6 Å². The first-order valence-electron chi connectivity index (χ1n) is 6.73. The highest BCUT2D eigenvalue weighted by Crippen LogP contribution is 2.22. The molecule has 1 aliphatic rings. The molecule has 4 heteroatoms. The van der Waals surface area contributed by atoms with Crippen molar-refractivity contribution in [2.45, 2.75) is 25.4 Å². The van der Waals surface area contributed by atoms with Crippen LogP contribution in [-0.2, 0) is 4.79 Å². The van der Waals surface area contributed by atoms with Crippen LogP contribution in [0.1, 0.15) is 23.6 Å². The Balaban J connectivity index is 2.13. The van der Waals surface area contributed by atoms with E-state index in [-0.39, 0.29) is 18.0 Å². The molecule has 1 amide bonds. The number of rotatable bonds is 4. The number of benzene rings is 1. The molecule has 2 N–H and O–H groups in total. The van der Waals surface area contributed by atoms with Crippen LogP contribution in [0.4, 0.5) is 0 Å². The summed E-state index contributed by atoms with van der Waals surface area (Å²) in [4.78, 5) is 15.9. The van der Waals surface area contributed by atoms with Crippen molar-refractivity contribution in [3.8, 4) is 0 Å². The monoisotopic (exact) mass is 261 g/mol. The zero-order chi connectivity index (χ0) is 14.0. The quantitative estimate of drug-likeness (QED) is 0.885. The van der Waals surface area contributed by atoms with E-state index in [1.54, 1.807) is 0 Å². The Hall–Kier alpha value is -1.39. The fourth-order valence-electron chi connectivity index (χ4n) is 2.54. The minimum absolute atomic E-state index is 0.00618. The van der Waals surface area contributed by atoms with Gasteiger partial charge >= 0.3 is 0 Å². The molecule has 1 saturated heterocycles. The summed E-state index contributed by atoms with van der Waals surface area (Å²) in [5.41, 5.74) is 8.34. The molecular weight excluding hydrogens is 238 g/mol. The van der Waals surface area contributed by atoms with E-state index in [2.05, 4.69) is 36.1 Å². The van der Waals surface area contributed by atoms with Crippen molar-refractivity contribution in [1.29, 1.82) is 0 Å². The van der Waals surface area contributed by atoms with Gasteiger partial charge in [0.2, 0.25) is 5.91 Å². The second-order valence-corrected chi connectivity index (χ2v) is 5.65. The smallest absolute Gasteiger partial charge is 0.224 e. The van der Waals surface area contributed by atoms with Crippen LogP contribution in [0.15, 0.2) is 24.3 Å². The Bertz CT molecular complexity index is 441. The van der Waals surface area contributed by atoms with Crippen molar-refractivity contribution < 1.29 is 4.79 Å². The maximum absolute atomic E-state index is 11.9. The number of likely N-dealkylation sites (tertiary alicyclic amines) is 1. The van der Waals surface area contributed by atoms with E-state index in [0.717, 1.165) is 0 Å². The second-order valence-electron chi connectivity index (χ2n) is 5.65. The lowest BCUT2D eigenvalue weighted by Gasteiger charge is -2.29. The van der Waals surface area contributed by atoms with Crippen LogP contribution < -0.4 is 5.73 Å². The maximum atomic E-state index is 11.9. The predicted octanol–water partition coefficient (Wildman–Crippen LogP) is 1.16. The highest BCUT2D eigenvalue weighted by molar-refractivity contribution is 5.79. The number of aryl methyl sites for hydroxylation is 1. The molecule has 1 aromatic carbocycles. The number of likely N-dealkylation sites (N-methyl/N-ethyl adjacent to an activating group) is 1. The van der Waals surface area contributed by atoms with Crippen molar-refractivity contribution in [2.75, 3.05) is 27.2 Å². The fraction of sp³-hybridized carbons (Fsp3) is 0.533. The third-order valence-electron chi connectivity index (χ3n) is 3.72. The Morgan fingerprint density at radius 1 is 1.37 bits per heavy atom. The molecule has 0 aliphatic carbocycles. The first-order valence-corrected chi connectivity index (χ1v) is 6.73. The number of hydrogen-bond acceptors (Lipinski definition) is 3. The van der Waals surface area contributed by atoms with Gasteiger partial charge in [-0.2, -0.15) is 0 Å². The molecule has 2 rings (SSSR count). The Kier molecular flexibility index (Phi) is 4.22. The van der Waals surface area contributed by atoms with E-state index >= 15 is 0 Å². The van der Waals surface area contributed by atoms with Crippen LogP contribution in [-0.4, -0.2) is 48.9 Å². The molecule has 0 bridgehead atoms. The third-order valence-corrected chi connectivity index (χ3v) is 3.72. The number of nitrogens with zero attached hydrogens (tertiary/aromatic N) is 2. The summed E-state index contributed by atoms with van der Waals surface area (Å²) < 4.78 is 0. The van der Waals surface area contributed by atoms with Crippen LogP contribution in [0, 0.1) is 6.92 Å². The number of nitrogens with two attached hydrogens (primary N) is 1. The zero-order valence-corrected chi connectivity index (χ0v) is 12.0. The SMILES string of the molecule is Cc1ccc(C(CN2CC(N)CC2=O)N(C)C)cc1. The summed E-state index contributed by atoms with van der Waals surface area (Å²) in [5.74, 6) is 0.173. The zero-order valence-electron chi connectivity index (χ0n) is 12.0. The standard InChI is InChI=1S/C15H23N3O/c1-11-4-6-12(7-5-11)14(17(2)3)10-18-9-13(16)8-15(18)19/h4-7,13-14H,8-10,16H2,1-3H3. The largest absolute Gasteiger partial charge is 0.339 e. The Labute approximate surface area is 115 Å². The van der Waals surface area contributed by atoms with Gasteiger partial charge in [-0.25, -0.2) is 0 Å². The Morgan fingerprint density at radius 3 is 2.47 bits per heavy atom. The minimum atomic E-state index is -0.00618. The van der Waals surface area contributed by atoms with Gasteiger partial charge in [-0.3, -0.25) is 4.79 Å². The molecule has 1 fully saturated rings. The van der Waals surface area contributed by atoms with E-state index in [9.17, 15) is 4.79 Å². The lowest BCUT2D eigenvalue weighted by atomic mass is 10.0. The Morgan fingerprint density at radius 2 is 2.00 bits per heavy atom. The molecule has 104 valence electrons. The van der Waals surface area contributed by atoms with E-state index in [4.69, 9.17) is 5.73 Å². The first kappa shape index (κ1) is 14.0. The van der Waals surface area contributed by atoms with Crippen molar-refractivity contribution in [3.05, 3.63) is 35.4 Å². The lowest BCUT2D eigenvalue weighted by Crippen LogP contribution is -2.36. The van der Waals surface area contributed by atoms with Crippen LogP contribution in [0.25, 0.3) is 0 Å². The lowest BCUT2D eigenvalue weighted by molar-refractivity contribution is -0.128. The summed E-state index contributed by atoms with van der Waals surface area (Å²) in [7, 11) is 4.09. The highest BCUT2D eigenvalue weighted by Gasteiger charge is 2.29. The van der Waals surface area contributed by atoms with Crippen LogP contribution >= 0.6 is 0 Å². The predicted molar refractivity (Wildman–Crippen MR) is 76.8 cm³/mol. The summed E-state index contributed by atoms with van der Waals surface area (Å²) in [6, 6.07) is 8.72. The highest BCUT2D eigenvalue weighted by atomic mass is 16.2. The van der Waals surface area contributed by atoms with Gasteiger partial charge in [0.1, 0.15) is 0 Å². The molecule has 19 heavy (non-hydrogen) atoms. The molecule has 0 spiro atoms. The van der Waals surface area contributed by atoms with Crippen molar-refractivity contribution in [2.24, 2.45) is 5.73 Å². The number of carbonyl (C=O) groups is 1. The molecule has 1 aromatic rings. The van der Waals surface area contributed by atoms with Gasteiger partial charge in [0, 0.05) is 25.6 Å². The molecule has 2 atom stereocenters. The third kappa shape index (κ3) is 3.33. The normalized spacial score (nSPS) is 21.2. The minimum Gasteiger partial charge on any atom is -0.339 e. The van der Waals surface area contributed by atoms with Gasteiger partial charge < -0.3 is 15.5 Å². The summed E-state index contributed by atoms with van der Waals surface area (Å²) in [5, 5.41) is 0. The van der Waals surface area contributed by atoms with E-state index in [1.807, 2.05) is 19.0 Å². The average molecular weight is 261 g/mol. The number of carbonyl (C=O) groups excluding carboxylic acids is 1. The van der Waals surface area contributed by atoms with E-state index in [0.29, 0.717) is 19.5 Å². The molecule has 0 radical (unpaired) electrons. The van der Waals surface area contributed by atoms with Gasteiger partial charge in [-0.1, -0.05) is 29.8 Å². The summed E-state index contributed by atoms with van der Waals surface area (Å²) in [6.07, 6.45) is 0.480. The van der Waals surface area contributed by atoms with Crippen molar-refractivity contribution >= 4 is 5.91 Å². The number of hydrogen-bond donors (Lipinski definition) is 1. The van der Waals surface area contributed by atoms with Gasteiger partial charge in [0.25, 0.3) is 0 Å². The summed E-state index contributed by atoms with van der Waals surface area (Å²) >= 11 is 0. The number of amides is 1. The van der Waals surface area contributed by atoms with Gasteiger partial charge in [0.15, 0.2) is 0 Å². The van der Waals surface area contributed by atoms with E-state index < -0.39 is 0 Å². The molecular formula is C15H23N3O. The van der Waals surface area contributed by atoms with E-state index in [1.165, 1.54) is 11.1 Å². The first-order chi connectivity index (χ1) is 8.97. The van der Waals surface area contributed by atoms with Crippen LogP contribution in [0.3, 0.4) is 0 Å². The van der Waals surface area contributed by atoms with Gasteiger partial charge in [-0.15, -0.1) is 0 Å². The summed E-state index contributed by atoms with van der Waals surface area (Å²) in [6.45, 7) is 3.47. The molecule has 0 aromatic heterocycles. The van der Waals surface area contributed by atoms with Crippen molar-refractivity contribution in [1.82, 2.24) is 9.80 Å².